The Hall–Kier alpha value is -1.34. The maximum absolute atomic E-state index is 8.74. The van der Waals surface area contributed by atoms with Gasteiger partial charge >= 0.3 is 0 Å². The molecule has 0 aliphatic carbocycles. The molecule has 1 heterocycles. The van der Waals surface area contributed by atoms with Gasteiger partial charge in [-0.1, -0.05) is 30.0 Å². The smallest absolute Gasteiger partial charge is 0.0809 e. The van der Waals surface area contributed by atoms with Crippen molar-refractivity contribution in [2.75, 3.05) is 19.8 Å². The first kappa shape index (κ1) is 14.1. The molecular formula is C16H20O3. The first-order valence-corrected chi connectivity index (χ1v) is 6.77. The number of hydrogen-bond acceptors (Lipinski definition) is 3. The van der Waals surface area contributed by atoms with E-state index >= 15 is 0 Å². The zero-order chi connectivity index (χ0) is 13.3. The standard InChI is InChI=1S/C16H20O3/c17-10-4-3-7-14-6-1-2-8-15(14)12-18-13-16-9-5-11-19-16/h1-2,6,8,16-17H,4-5,9-13H2. The molecule has 1 aliphatic rings. The zero-order valence-electron chi connectivity index (χ0n) is 11.1. The Bertz CT molecular complexity index is 439. The van der Waals surface area contributed by atoms with Gasteiger partial charge in [-0.25, -0.2) is 0 Å². The van der Waals surface area contributed by atoms with Crippen molar-refractivity contribution in [1.82, 2.24) is 0 Å². The van der Waals surface area contributed by atoms with Crippen molar-refractivity contribution in [1.29, 1.82) is 0 Å². The summed E-state index contributed by atoms with van der Waals surface area (Å²) in [5, 5.41) is 8.74. The van der Waals surface area contributed by atoms with Crippen molar-refractivity contribution in [3.63, 3.8) is 0 Å². The molecule has 1 N–H and O–H groups in total. The van der Waals surface area contributed by atoms with E-state index in [1.807, 2.05) is 24.3 Å². The Kier molecular flexibility index (Phi) is 5.90. The molecule has 0 radical (unpaired) electrons. The highest BCUT2D eigenvalue weighted by Crippen LogP contribution is 2.14. The Morgan fingerprint density at radius 2 is 2.26 bits per heavy atom. The van der Waals surface area contributed by atoms with Gasteiger partial charge in [0, 0.05) is 18.6 Å². The fraction of sp³-hybridized carbons (Fsp3) is 0.500. The van der Waals surface area contributed by atoms with Crippen molar-refractivity contribution in [2.45, 2.75) is 32.0 Å². The van der Waals surface area contributed by atoms with Crippen molar-refractivity contribution < 1.29 is 14.6 Å². The number of benzene rings is 1. The van der Waals surface area contributed by atoms with Gasteiger partial charge in [-0.15, -0.1) is 0 Å². The summed E-state index contributed by atoms with van der Waals surface area (Å²) in [4.78, 5) is 0. The summed E-state index contributed by atoms with van der Waals surface area (Å²) in [6, 6.07) is 7.96. The van der Waals surface area contributed by atoms with Gasteiger partial charge in [-0.2, -0.15) is 0 Å². The van der Waals surface area contributed by atoms with Crippen LogP contribution in [0.2, 0.25) is 0 Å². The van der Waals surface area contributed by atoms with Gasteiger partial charge in [0.1, 0.15) is 0 Å². The minimum Gasteiger partial charge on any atom is -0.395 e. The van der Waals surface area contributed by atoms with Crippen molar-refractivity contribution >= 4 is 0 Å². The van der Waals surface area contributed by atoms with Crippen molar-refractivity contribution in [3.05, 3.63) is 35.4 Å². The topological polar surface area (TPSA) is 38.7 Å². The molecule has 0 spiro atoms. The van der Waals surface area contributed by atoms with Gasteiger partial charge in [-0.3, -0.25) is 0 Å². The van der Waals surface area contributed by atoms with Crippen molar-refractivity contribution in [2.24, 2.45) is 0 Å². The van der Waals surface area contributed by atoms with E-state index < -0.39 is 0 Å². The fourth-order valence-corrected chi connectivity index (χ4v) is 2.06. The lowest BCUT2D eigenvalue weighted by Gasteiger charge is -2.11. The number of aliphatic hydroxyl groups is 1. The molecule has 102 valence electrons. The molecule has 1 aliphatic heterocycles. The van der Waals surface area contributed by atoms with E-state index in [1.165, 1.54) is 0 Å². The number of ether oxygens (including phenoxy) is 2. The van der Waals surface area contributed by atoms with Crippen LogP contribution in [0, 0.1) is 11.8 Å². The molecule has 3 nitrogen and oxygen atoms in total. The number of hydrogen-bond donors (Lipinski definition) is 1. The first-order valence-electron chi connectivity index (χ1n) is 6.77. The molecule has 1 atom stereocenters. The van der Waals surface area contributed by atoms with Crippen LogP contribution in [-0.2, 0) is 16.1 Å². The lowest BCUT2D eigenvalue weighted by molar-refractivity contribution is 0.0105. The monoisotopic (exact) mass is 260 g/mol. The van der Waals surface area contributed by atoms with Crippen LogP contribution >= 0.6 is 0 Å². The van der Waals surface area contributed by atoms with Crippen molar-refractivity contribution in [3.8, 4) is 11.8 Å². The molecule has 1 saturated heterocycles. The predicted octanol–water partition coefficient (Wildman–Crippen LogP) is 2.12. The van der Waals surface area contributed by atoms with Gasteiger partial charge in [0.2, 0.25) is 0 Å². The van der Waals surface area contributed by atoms with Gasteiger partial charge in [-0.05, 0) is 24.5 Å². The van der Waals surface area contributed by atoms with E-state index in [4.69, 9.17) is 14.6 Å². The highest BCUT2D eigenvalue weighted by molar-refractivity contribution is 5.40. The second-order valence-electron chi connectivity index (χ2n) is 4.58. The highest BCUT2D eigenvalue weighted by Gasteiger charge is 2.15. The summed E-state index contributed by atoms with van der Waals surface area (Å²) >= 11 is 0. The van der Waals surface area contributed by atoms with E-state index in [0.29, 0.717) is 19.6 Å². The average Bonchev–Trinajstić information content (AvgIpc) is 2.94. The molecular weight excluding hydrogens is 240 g/mol. The van der Waals surface area contributed by atoms with E-state index in [-0.39, 0.29) is 12.7 Å². The molecule has 0 saturated carbocycles. The quantitative estimate of drug-likeness (QED) is 0.824. The maximum atomic E-state index is 8.74. The summed E-state index contributed by atoms with van der Waals surface area (Å²) in [5.74, 6) is 6.01. The maximum Gasteiger partial charge on any atom is 0.0809 e. The molecule has 0 bridgehead atoms. The minimum atomic E-state index is 0.102. The Morgan fingerprint density at radius 3 is 3.05 bits per heavy atom. The molecule has 3 heteroatoms. The fourth-order valence-electron chi connectivity index (χ4n) is 2.06. The second-order valence-corrected chi connectivity index (χ2v) is 4.58. The third kappa shape index (κ3) is 4.68. The number of rotatable bonds is 5. The largest absolute Gasteiger partial charge is 0.395 e. The van der Waals surface area contributed by atoms with Crippen LogP contribution in [0.1, 0.15) is 30.4 Å². The van der Waals surface area contributed by atoms with E-state index in [0.717, 1.165) is 30.6 Å². The summed E-state index contributed by atoms with van der Waals surface area (Å²) in [6.45, 7) is 2.17. The van der Waals surface area contributed by atoms with Crippen LogP contribution in [0.3, 0.4) is 0 Å². The van der Waals surface area contributed by atoms with E-state index in [1.54, 1.807) is 0 Å². The molecule has 1 fully saturated rings. The van der Waals surface area contributed by atoms with E-state index in [9.17, 15) is 0 Å². The lowest BCUT2D eigenvalue weighted by atomic mass is 10.1. The molecule has 2 rings (SSSR count). The zero-order valence-corrected chi connectivity index (χ0v) is 11.1. The second kappa shape index (κ2) is 7.96. The molecule has 1 aromatic carbocycles. The lowest BCUT2D eigenvalue weighted by Crippen LogP contribution is -2.14. The first-order chi connectivity index (χ1) is 9.40. The third-order valence-corrected chi connectivity index (χ3v) is 3.06. The summed E-state index contributed by atoms with van der Waals surface area (Å²) in [5.41, 5.74) is 2.06. The summed E-state index contributed by atoms with van der Waals surface area (Å²) in [7, 11) is 0. The van der Waals surface area contributed by atoms with Gasteiger partial charge in [0.05, 0.1) is 25.9 Å². The van der Waals surface area contributed by atoms with Crippen LogP contribution in [0.15, 0.2) is 24.3 Å². The molecule has 19 heavy (non-hydrogen) atoms. The average molecular weight is 260 g/mol. The van der Waals surface area contributed by atoms with Gasteiger partial charge < -0.3 is 14.6 Å². The molecule has 0 amide bonds. The molecule has 0 aromatic heterocycles. The van der Waals surface area contributed by atoms with Crippen LogP contribution in [0.25, 0.3) is 0 Å². The van der Waals surface area contributed by atoms with Crippen LogP contribution in [0.5, 0.6) is 0 Å². The highest BCUT2D eigenvalue weighted by atomic mass is 16.5. The molecule has 1 unspecified atom stereocenters. The summed E-state index contributed by atoms with van der Waals surface area (Å²) in [6.07, 6.45) is 2.99. The summed E-state index contributed by atoms with van der Waals surface area (Å²) < 4.78 is 11.2. The SMILES string of the molecule is OCCC#Cc1ccccc1COCC1CCCO1. The van der Waals surface area contributed by atoms with Gasteiger partial charge in [0.15, 0.2) is 0 Å². The Balaban J connectivity index is 1.86. The number of aliphatic hydroxyl groups excluding tert-OH is 1. The molecule has 1 aromatic rings. The normalized spacial score (nSPS) is 18.1. The van der Waals surface area contributed by atoms with Crippen LogP contribution < -0.4 is 0 Å². The predicted molar refractivity (Wildman–Crippen MR) is 73.7 cm³/mol. The van der Waals surface area contributed by atoms with Gasteiger partial charge in [0.25, 0.3) is 0 Å². The Morgan fingerprint density at radius 1 is 1.37 bits per heavy atom. The van der Waals surface area contributed by atoms with Crippen LogP contribution in [0.4, 0.5) is 0 Å². The minimum absolute atomic E-state index is 0.102. The van der Waals surface area contributed by atoms with E-state index in [2.05, 4.69) is 11.8 Å². The third-order valence-electron chi connectivity index (χ3n) is 3.06. The van der Waals surface area contributed by atoms with Crippen LogP contribution in [-0.4, -0.2) is 31.0 Å². The Labute approximate surface area is 114 Å².